The molecule has 0 aliphatic heterocycles. The highest BCUT2D eigenvalue weighted by Crippen LogP contribution is 2.19. The number of nitrogens with zero attached hydrogens (tertiary/aromatic N) is 2. The maximum absolute atomic E-state index is 12.3. The highest BCUT2D eigenvalue weighted by molar-refractivity contribution is 9.10. The van der Waals surface area contributed by atoms with Gasteiger partial charge < -0.3 is 10.6 Å². The van der Waals surface area contributed by atoms with Crippen molar-refractivity contribution in [3.63, 3.8) is 0 Å². The monoisotopic (exact) mass is 353 g/mol. The molecule has 0 aliphatic carbocycles. The number of aromatic nitrogens is 1. The van der Waals surface area contributed by atoms with Crippen LogP contribution >= 0.6 is 27.5 Å². The van der Waals surface area contributed by atoms with E-state index in [9.17, 15) is 4.79 Å². The normalized spacial score (nSPS) is 10.3. The van der Waals surface area contributed by atoms with E-state index >= 15 is 0 Å². The third-order valence-corrected chi connectivity index (χ3v) is 3.54. The maximum Gasteiger partial charge on any atom is 0.257 e. The molecule has 0 aliphatic rings. The molecule has 1 aromatic carbocycles. The molecule has 0 fully saturated rings. The minimum Gasteiger partial charge on any atom is -0.397 e. The van der Waals surface area contributed by atoms with Crippen LogP contribution in [0.2, 0.25) is 5.15 Å². The molecular weight excluding hydrogens is 342 g/mol. The lowest BCUT2D eigenvalue weighted by atomic mass is 10.2. The molecule has 0 radical (unpaired) electrons. The summed E-state index contributed by atoms with van der Waals surface area (Å²) < 4.78 is 0.972. The van der Waals surface area contributed by atoms with Gasteiger partial charge in [0.15, 0.2) is 0 Å². The van der Waals surface area contributed by atoms with Crippen molar-refractivity contribution in [3.05, 3.63) is 57.3 Å². The Morgan fingerprint density at radius 2 is 2.20 bits per heavy atom. The standard InChI is InChI=1S/C14H13BrClN3O/c1-19(8-9-3-2-4-10(15)5-9)14(20)12-6-11(17)7-18-13(12)16/h2-7H,8,17H2,1H3. The lowest BCUT2D eigenvalue weighted by Gasteiger charge is -2.18. The van der Waals surface area contributed by atoms with Crippen LogP contribution in [0.4, 0.5) is 5.69 Å². The molecule has 4 nitrogen and oxygen atoms in total. The molecule has 20 heavy (non-hydrogen) atoms. The van der Waals surface area contributed by atoms with Gasteiger partial charge in [-0.15, -0.1) is 0 Å². The number of pyridine rings is 1. The van der Waals surface area contributed by atoms with Gasteiger partial charge in [0.1, 0.15) is 5.15 Å². The quantitative estimate of drug-likeness (QED) is 0.860. The first kappa shape index (κ1) is 14.8. The van der Waals surface area contributed by atoms with Gasteiger partial charge in [0.2, 0.25) is 0 Å². The number of anilines is 1. The van der Waals surface area contributed by atoms with Crippen LogP contribution in [0.25, 0.3) is 0 Å². The minimum atomic E-state index is -0.213. The number of benzene rings is 1. The maximum atomic E-state index is 12.3. The molecule has 1 heterocycles. The van der Waals surface area contributed by atoms with E-state index in [0.29, 0.717) is 17.8 Å². The van der Waals surface area contributed by atoms with Crippen molar-refractivity contribution in [1.82, 2.24) is 9.88 Å². The number of hydrogen-bond donors (Lipinski definition) is 1. The smallest absolute Gasteiger partial charge is 0.257 e. The fourth-order valence-electron chi connectivity index (χ4n) is 1.80. The molecule has 0 saturated heterocycles. The fraction of sp³-hybridized carbons (Fsp3) is 0.143. The van der Waals surface area contributed by atoms with E-state index < -0.39 is 0 Å². The molecule has 2 aromatic rings. The molecule has 0 bridgehead atoms. The largest absolute Gasteiger partial charge is 0.397 e. The number of carbonyl (C=O) groups excluding carboxylic acids is 1. The first-order valence-corrected chi connectivity index (χ1v) is 7.05. The Kier molecular flexibility index (Phi) is 4.62. The molecule has 104 valence electrons. The topological polar surface area (TPSA) is 59.2 Å². The molecule has 2 N–H and O–H groups in total. The average Bonchev–Trinajstić information content (AvgIpc) is 2.40. The number of nitrogen functional groups attached to an aromatic ring is 1. The van der Waals surface area contributed by atoms with Gasteiger partial charge in [-0.2, -0.15) is 0 Å². The Morgan fingerprint density at radius 3 is 2.90 bits per heavy atom. The first-order valence-electron chi connectivity index (χ1n) is 5.88. The minimum absolute atomic E-state index is 0.158. The molecule has 1 amide bonds. The van der Waals surface area contributed by atoms with Gasteiger partial charge in [0.25, 0.3) is 5.91 Å². The van der Waals surface area contributed by atoms with Gasteiger partial charge in [-0.25, -0.2) is 4.98 Å². The summed E-state index contributed by atoms with van der Waals surface area (Å²) in [5.41, 5.74) is 7.38. The SMILES string of the molecule is CN(Cc1cccc(Br)c1)C(=O)c1cc(N)cnc1Cl. The summed E-state index contributed by atoms with van der Waals surface area (Å²) >= 11 is 9.35. The molecule has 1 aromatic heterocycles. The summed E-state index contributed by atoms with van der Waals surface area (Å²) in [6.07, 6.45) is 1.42. The van der Waals surface area contributed by atoms with Crippen LogP contribution in [0, 0.1) is 0 Å². The predicted molar refractivity (Wildman–Crippen MR) is 83.6 cm³/mol. The Morgan fingerprint density at radius 1 is 1.45 bits per heavy atom. The van der Waals surface area contributed by atoms with Crippen LogP contribution in [0.15, 0.2) is 41.0 Å². The lowest BCUT2D eigenvalue weighted by Crippen LogP contribution is -2.26. The Labute approximate surface area is 130 Å². The van der Waals surface area contributed by atoms with Crippen molar-refractivity contribution in [2.75, 3.05) is 12.8 Å². The van der Waals surface area contributed by atoms with E-state index in [1.54, 1.807) is 11.9 Å². The number of halogens is 2. The van der Waals surface area contributed by atoms with Crippen LogP contribution < -0.4 is 5.73 Å². The summed E-state index contributed by atoms with van der Waals surface area (Å²) in [5, 5.41) is 0.158. The number of rotatable bonds is 3. The third-order valence-electron chi connectivity index (χ3n) is 2.75. The van der Waals surface area contributed by atoms with Crippen LogP contribution in [0.5, 0.6) is 0 Å². The molecule has 0 spiro atoms. The molecule has 0 atom stereocenters. The molecular formula is C14H13BrClN3O. The van der Waals surface area contributed by atoms with Crippen molar-refractivity contribution in [3.8, 4) is 0 Å². The number of hydrogen-bond acceptors (Lipinski definition) is 3. The number of nitrogens with two attached hydrogens (primary N) is 1. The van der Waals surface area contributed by atoms with Crippen molar-refractivity contribution >= 4 is 39.1 Å². The average molecular weight is 355 g/mol. The molecule has 2 rings (SSSR count). The van der Waals surface area contributed by atoms with E-state index in [4.69, 9.17) is 17.3 Å². The van der Waals surface area contributed by atoms with Gasteiger partial charge in [0, 0.05) is 18.1 Å². The Bertz CT molecular complexity index is 648. The van der Waals surface area contributed by atoms with E-state index in [0.717, 1.165) is 10.0 Å². The van der Waals surface area contributed by atoms with Crippen LogP contribution in [-0.4, -0.2) is 22.8 Å². The molecule has 0 saturated carbocycles. The van der Waals surface area contributed by atoms with Crippen molar-refractivity contribution in [2.45, 2.75) is 6.54 Å². The Hall–Kier alpha value is -1.59. The summed E-state index contributed by atoms with van der Waals surface area (Å²) in [7, 11) is 1.71. The van der Waals surface area contributed by atoms with Gasteiger partial charge in [-0.05, 0) is 23.8 Å². The van der Waals surface area contributed by atoms with Gasteiger partial charge in [-0.1, -0.05) is 39.7 Å². The van der Waals surface area contributed by atoms with Gasteiger partial charge >= 0.3 is 0 Å². The number of carbonyl (C=O) groups is 1. The summed E-state index contributed by atoms with van der Waals surface area (Å²) in [4.78, 5) is 17.8. The van der Waals surface area contributed by atoms with Crippen molar-refractivity contribution in [1.29, 1.82) is 0 Å². The summed E-state index contributed by atoms with van der Waals surface area (Å²) in [6.45, 7) is 0.476. The number of amides is 1. The summed E-state index contributed by atoms with van der Waals surface area (Å²) in [6, 6.07) is 9.31. The zero-order chi connectivity index (χ0) is 14.7. The lowest BCUT2D eigenvalue weighted by molar-refractivity contribution is 0.0785. The van der Waals surface area contributed by atoms with Crippen LogP contribution in [0.1, 0.15) is 15.9 Å². The fourth-order valence-corrected chi connectivity index (χ4v) is 2.43. The van der Waals surface area contributed by atoms with Crippen molar-refractivity contribution in [2.24, 2.45) is 0 Å². The summed E-state index contributed by atoms with van der Waals surface area (Å²) in [5.74, 6) is -0.213. The Balaban J connectivity index is 2.18. The van der Waals surface area contributed by atoms with Gasteiger partial charge in [-0.3, -0.25) is 4.79 Å². The van der Waals surface area contributed by atoms with E-state index in [1.807, 2.05) is 24.3 Å². The van der Waals surface area contributed by atoms with Crippen molar-refractivity contribution < 1.29 is 4.79 Å². The van der Waals surface area contributed by atoms with E-state index in [1.165, 1.54) is 12.3 Å². The third kappa shape index (κ3) is 3.49. The highest BCUT2D eigenvalue weighted by Gasteiger charge is 2.16. The van der Waals surface area contributed by atoms with Gasteiger partial charge in [0.05, 0.1) is 17.4 Å². The van der Waals surface area contributed by atoms with Crippen LogP contribution in [0.3, 0.4) is 0 Å². The second-order valence-corrected chi connectivity index (χ2v) is 5.67. The molecule has 6 heteroatoms. The second-order valence-electron chi connectivity index (χ2n) is 4.40. The van der Waals surface area contributed by atoms with Crippen LogP contribution in [-0.2, 0) is 6.54 Å². The molecule has 0 unspecified atom stereocenters. The van der Waals surface area contributed by atoms with E-state index in [2.05, 4.69) is 20.9 Å². The van der Waals surface area contributed by atoms with E-state index in [-0.39, 0.29) is 11.1 Å². The zero-order valence-electron chi connectivity index (χ0n) is 10.8. The predicted octanol–water partition coefficient (Wildman–Crippen LogP) is 3.35. The zero-order valence-corrected chi connectivity index (χ0v) is 13.1. The first-order chi connectivity index (χ1) is 9.47. The highest BCUT2D eigenvalue weighted by atomic mass is 79.9. The second kappa shape index (κ2) is 6.24.